The van der Waals surface area contributed by atoms with Crippen LogP contribution in [-0.4, -0.2) is 24.4 Å². The zero-order valence-electron chi connectivity index (χ0n) is 18.2. The Bertz CT molecular complexity index is 1170. The fraction of sp³-hybridized carbons (Fsp3) is 0.214. The van der Waals surface area contributed by atoms with Gasteiger partial charge in [0.15, 0.2) is 0 Å². The van der Waals surface area contributed by atoms with Crippen molar-refractivity contribution in [1.82, 2.24) is 0 Å². The van der Waals surface area contributed by atoms with Gasteiger partial charge in [-0.15, -0.1) is 0 Å². The van der Waals surface area contributed by atoms with Gasteiger partial charge in [-0.3, -0.25) is 0 Å². The van der Waals surface area contributed by atoms with E-state index in [4.69, 9.17) is 9.47 Å². The van der Waals surface area contributed by atoms with Crippen molar-refractivity contribution in [2.75, 3.05) is 14.2 Å². The molecule has 4 nitrogen and oxygen atoms in total. The molecule has 2 unspecified atom stereocenters. The summed E-state index contributed by atoms with van der Waals surface area (Å²) in [6, 6.07) is 27.1. The van der Waals surface area contributed by atoms with Gasteiger partial charge in [-0.05, 0) is 57.3 Å². The largest absolute Gasteiger partial charge is 0.497 e. The fourth-order valence-corrected chi connectivity index (χ4v) is 5.04. The lowest BCUT2D eigenvalue weighted by Crippen LogP contribution is -2.49. The van der Waals surface area contributed by atoms with Crippen LogP contribution in [0, 0.1) is 0 Å². The number of aliphatic hydroxyl groups is 2. The third-order valence-electron chi connectivity index (χ3n) is 6.72. The van der Waals surface area contributed by atoms with Gasteiger partial charge >= 0.3 is 0 Å². The van der Waals surface area contributed by atoms with Gasteiger partial charge in [0.1, 0.15) is 22.7 Å². The minimum Gasteiger partial charge on any atom is -0.497 e. The van der Waals surface area contributed by atoms with Crippen molar-refractivity contribution in [3.05, 3.63) is 107 Å². The number of hydrogen-bond acceptors (Lipinski definition) is 4. The molecule has 4 heteroatoms. The van der Waals surface area contributed by atoms with E-state index in [0.29, 0.717) is 0 Å². The Morgan fingerprint density at radius 2 is 1.00 bits per heavy atom. The second kappa shape index (κ2) is 7.66. The first-order valence-electron chi connectivity index (χ1n) is 10.7. The van der Waals surface area contributed by atoms with E-state index in [1.54, 1.807) is 14.2 Å². The third kappa shape index (κ3) is 3.07. The quantitative estimate of drug-likeness (QED) is 0.468. The monoisotopic (exact) mass is 426 g/mol. The zero-order valence-corrected chi connectivity index (χ0v) is 18.2. The average Bonchev–Trinajstić information content (AvgIpc) is 3.01. The molecule has 2 atom stereocenters. The summed E-state index contributed by atoms with van der Waals surface area (Å²) >= 11 is 0. The third-order valence-corrected chi connectivity index (χ3v) is 6.72. The van der Waals surface area contributed by atoms with Crippen LogP contribution in [0.15, 0.2) is 84.9 Å². The molecule has 5 rings (SSSR count). The standard InChI is InChI=1S/C28H26O4/c1-31-22-13-9-19(10-14-22)17-27(29)24-7-3-5-21-6-4-8-25(26(21)24)28(27,30)18-20-11-15-23(32-2)16-12-20/h3-16,29-30H,17-18H2,1-2H3. The van der Waals surface area contributed by atoms with Crippen LogP contribution in [0.2, 0.25) is 0 Å². The number of benzene rings is 4. The Kier molecular flexibility index (Phi) is 4.92. The van der Waals surface area contributed by atoms with Crippen molar-refractivity contribution >= 4 is 10.8 Å². The smallest absolute Gasteiger partial charge is 0.127 e. The first-order valence-corrected chi connectivity index (χ1v) is 10.7. The van der Waals surface area contributed by atoms with Crippen LogP contribution in [0.1, 0.15) is 22.3 Å². The molecule has 4 aromatic carbocycles. The molecule has 0 aliphatic heterocycles. The molecular formula is C28H26O4. The van der Waals surface area contributed by atoms with Crippen molar-refractivity contribution < 1.29 is 19.7 Å². The van der Waals surface area contributed by atoms with E-state index in [1.165, 1.54) is 0 Å². The van der Waals surface area contributed by atoms with Crippen molar-refractivity contribution in [3.63, 3.8) is 0 Å². The minimum atomic E-state index is -1.50. The van der Waals surface area contributed by atoms with E-state index in [-0.39, 0.29) is 12.8 Å². The highest BCUT2D eigenvalue weighted by Gasteiger charge is 2.57. The van der Waals surface area contributed by atoms with Crippen LogP contribution in [0.4, 0.5) is 0 Å². The Morgan fingerprint density at radius 3 is 1.38 bits per heavy atom. The Balaban J connectivity index is 1.65. The summed E-state index contributed by atoms with van der Waals surface area (Å²) in [6.07, 6.45) is 0.550. The molecule has 1 aliphatic carbocycles. The second-order valence-electron chi connectivity index (χ2n) is 8.48. The van der Waals surface area contributed by atoms with E-state index in [1.807, 2.05) is 84.9 Å². The first-order chi connectivity index (χ1) is 15.5. The van der Waals surface area contributed by atoms with Crippen molar-refractivity contribution in [2.24, 2.45) is 0 Å². The Morgan fingerprint density at radius 1 is 0.594 bits per heavy atom. The maximum atomic E-state index is 12.3. The predicted molar refractivity (Wildman–Crippen MR) is 125 cm³/mol. The maximum absolute atomic E-state index is 12.3. The minimum absolute atomic E-state index is 0.275. The topological polar surface area (TPSA) is 58.9 Å². The molecular weight excluding hydrogens is 400 g/mol. The van der Waals surface area contributed by atoms with Crippen LogP contribution in [0.5, 0.6) is 11.5 Å². The highest BCUT2D eigenvalue weighted by molar-refractivity contribution is 5.93. The van der Waals surface area contributed by atoms with Gasteiger partial charge in [0, 0.05) is 12.8 Å². The normalized spacial score (nSPS) is 21.6. The van der Waals surface area contributed by atoms with Crippen LogP contribution in [0.3, 0.4) is 0 Å². The SMILES string of the molecule is COc1ccc(CC2(O)c3cccc4cccc(c34)C2(O)Cc2ccc(OC)cc2)cc1. The Labute approximate surface area is 187 Å². The van der Waals surface area contributed by atoms with E-state index >= 15 is 0 Å². The van der Waals surface area contributed by atoms with Crippen LogP contribution in [0.25, 0.3) is 10.8 Å². The van der Waals surface area contributed by atoms with Gasteiger partial charge in [-0.1, -0.05) is 60.7 Å². The zero-order chi connectivity index (χ0) is 22.3. The van der Waals surface area contributed by atoms with Crippen molar-refractivity contribution in [3.8, 4) is 11.5 Å². The summed E-state index contributed by atoms with van der Waals surface area (Å²) in [6.45, 7) is 0. The second-order valence-corrected chi connectivity index (χ2v) is 8.48. The fourth-order valence-electron chi connectivity index (χ4n) is 5.04. The molecule has 0 bridgehead atoms. The summed E-state index contributed by atoms with van der Waals surface area (Å²) in [5.74, 6) is 1.51. The summed E-state index contributed by atoms with van der Waals surface area (Å²) in [4.78, 5) is 0. The van der Waals surface area contributed by atoms with Gasteiger partial charge in [0.2, 0.25) is 0 Å². The molecule has 0 saturated carbocycles. The van der Waals surface area contributed by atoms with Crippen LogP contribution < -0.4 is 9.47 Å². The van der Waals surface area contributed by atoms with E-state index in [2.05, 4.69) is 0 Å². The molecule has 0 fully saturated rings. The van der Waals surface area contributed by atoms with E-state index in [0.717, 1.165) is 44.5 Å². The molecule has 32 heavy (non-hydrogen) atoms. The number of hydrogen-bond donors (Lipinski definition) is 2. The van der Waals surface area contributed by atoms with Gasteiger partial charge in [0.05, 0.1) is 14.2 Å². The molecule has 4 aromatic rings. The van der Waals surface area contributed by atoms with Gasteiger partial charge < -0.3 is 19.7 Å². The van der Waals surface area contributed by atoms with Crippen LogP contribution >= 0.6 is 0 Å². The number of ether oxygens (including phenoxy) is 2. The summed E-state index contributed by atoms with van der Waals surface area (Å²) < 4.78 is 10.6. The lowest BCUT2D eigenvalue weighted by molar-refractivity contribution is -0.157. The molecule has 162 valence electrons. The molecule has 0 spiro atoms. The summed E-state index contributed by atoms with van der Waals surface area (Å²) in [5, 5.41) is 26.5. The molecule has 0 heterocycles. The molecule has 0 amide bonds. The van der Waals surface area contributed by atoms with Gasteiger partial charge in [-0.25, -0.2) is 0 Å². The lowest BCUT2D eigenvalue weighted by Gasteiger charge is -2.40. The predicted octanol–water partition coefficient (Wildman–Crippen LogP) is 4.73. The maximum Gasteiger partial charge on any atom is 0.127 e. The molecule has 0 saturated heterocycles. The molecule has 0 aromatic heterocycles. The summed E-state index contributed by atoms with van der Waals surface area (Å²) in [5.41, 5.74) is 0.377. The average molecular weight is 427 g/mol. The van der Waals surface area contributed by atoms with E-state index in [9.17, 15) is 10.2 Å². The number of rotatable bonds is 6. The van der Waals surface area contributed by atoms with Gasteiger partial charge in [-0.2, -0.15) is 0 Å². The van der Waals surface area contributed by atoms with Crippen LogP contribution in [-0.2, 0) is 24.0 Å². The van der Waals surface area contributed by atoms with E-state index < -0.39 is 11.2 Å². The Hall–Kier alpha value is -3.34. The van der Waals surface area contributed by atoms with Crippen molar-refractivity contribution in [2.45, 2.75) is 24.0 Å². The first kappa shape index (κ1) is 20.6. The highest BCUT2D eigenvalue weighted by Crippen LogP contribution is 2.54. The lowest BCUT2D eigenvalue weighted by atomic mass is 9.73. The molecule has 2 N–H and O–H groups in total. The molecule has 1 aliphatic rings. The summed E-state index contributed by atoms with van der Waals surface area (Å²) in [7, 11) is 3.26. The van der Waals surface area contributed by atoms with Crippen molar-refractivity contribution in [1.29, 1.82) is 0 Å². The molecule has 0 radical (unpaired) electrons. The highest BCUT2D eigenvalue weighted by atomic mass is 16.5. The number of methoxy groups -OCH3 is 2. The van der Waals surface area contributed by atoms with Gasteiger partial charge in [0.25, 0.3) is 0 Å².